The van der Waals surface area contributed by atoms with Gasteiger partial charge in [0.1, 0.15) is 0 Å². The zero-order valence-electron chi connectivity index (χ0n) is 1.99. The fourth-order valence-electron chi connectivity index (χ4n) is 0. The Labute approximate surface area is 92.2 Å². The van der Waals surface area contributed by atoms with Crippen molar-refractivity contribution >= 4 is 48.9 Å². The molecule has 0 aliphatic rings. The van der Waals surface area contributed by atoms with Crippen LogP contribution in [0, 0.1) is 0 Å². The Balaban J connectivity index is -0.00000000500. The van der Waals surface area contributed by atoms with Crippen molar-refractivity contribution in [1.29, 1.82) is 0 Å². The van der Waals surface area contributed by atoms with E-state index in [0.29, 0.717) is 0 Å². The Bertz CT molecular complexity index is 8.00. The second kappa shape index (κ2) is 17.1. The van der Waals surface area contributed by atoms with Crippen molar-refractivity contribution < 1.29 is 45.6 Å². The summed E-state index contributed by atoms with van der Waals surface area (Å²) < 4.78 is 7.81. The maximum Gasteiger partial charge on any atom is 0 e. The molecule has 22 valence electrons. The van der Waals surface area contributed by atoms with Crippen LogP contribution in [0.4, 0.5) is 0 Å². The number of hydrogen-bond acceptors (Lipinski definition) is 1. The van der Waals surface area contributed by atoms with E-state index in [1.165, 1.54) is 0 Å². The molecular weight excluding hydrogens is 262 g/mol. The second-order valence-corrected chi connectivity index (χ2v) is 0. The SMILES string of the molecule is [Ba].[O]=[Cu].[Sc]. The Morgan fingerprint density at radius 3 is 1.25 bits per heavy atom. The Hall–Kier alpha value is 2.76. The molecule has 0 aliphatic carbocycles. The minimum atomic E-state index is 0. The fraction of sp³-hybridized carbons (Fsp3) is 0. The van der Waals surface area contributed by atoms with Gasteiger partial charge in [-0.25, -0.2) is 0 Å². The average molecular weight is 262 g/mol. The summed E-state index contributed by atoms with van der Waals surface area (Å²) in [6.07, 6.45) is 0. The molecule has 1 nitrogen and oxygen atoms in total. The van der Waals surface area contributed by atoms with Gasteiger partial charge in [0.05, 0.1) is 0 Å². The molecule has 0 saturated heterocycles. The van der Waals surface area contributed by atoms with Crippen molar-refractivity contribution in [2.24, 2.45) is 0 Å². The molecular formula is BaCuOSc. The minimum Gasteiger partial charge on any atom is 0 e. The first-order chi connectivity index (χ1) is 1.00. The Morgan fingerprint density at radius 2 is 1.25 bits per heavy atom. The van der Waals surface area contributed by atoms with E-state index in [0.717, 1.165) is 0 Å². The van der Waals surface area contributed by atoms with Gasteiger partial charge in [-0.2, -0.15) is 0 Å². The van der Waals surface area contributed by atoms with Crippen molar-refractivity contribution in [3.63, 3.8) is 0 Å². The summed E-state index contributed by atoms with van der Waals surface area (Å²) in [5.41, 5.74) is 0. The zero-order valence-corrected chi connectivity index (χ0v) is 9.18. The Morgan fingerprint density at radius 1 is 1.25 bits per heavy atom. The largest absolute Gasteiger partial charge is 0 e. The third kappa shape index (κ3) is 8.83. The van der Waals surface area contributed by atoms with Crippen LogP contribution in [-0.2, 0) is 45.6 Å². The van der Waals surface area contributed by atoms with E-state index in [1.54, 1.807) is 0 Å². The molecule has 0 aromatic heterocycles. The first-order valence-electron chi connectivity index (χ1n) is 0.123. The van der Waals surface area contributed by atoms with Gasteiger partial charge < -0.3 is 0 Å². The molecule has 0 N–H and O–H groups in total. The van der Waals surface area contributed by atoms with Crippen LogP contribution in [0.25, 0.3) is 0 Å². The van der Waals surface area contributed by atoms with E-state index in [4.69, 9.17) is 3.83 Å². The molecule has 0 saturated carbocycles. The molecule has 0 aliphatic heterocycles. The molecule has 0 spiro atoms. The van der Waals surface area contributed by atoms with Gasteiger partial charge in [-0.1, -0.05) is 0 Å². The predicted molar refractivity (Wildman–Crippen MR) is 6.44 cm³/mol. The van der Waals surface area contributed by atoms with E-state index in [-0.39, 0.29) is 74.7 Å². The third-order valence-electron chi connectivity index (χ3n) is 0. The standard InChI is InChI=1S/Ba.Cu.O.Sc. The summed E-state index contributed by atoms with van der Waals surface area (Å²) in [5.74, 6) is 0. The molecule has 0 amide bonds. The van der Waals surface area contributed by atoms with E-state index in [2.05, 4.69) is 15.9 Å². The summed E-state index contributed by atoms with van der Waals surface area (Å²) in [4.78, 5) is 0. The van der Waals surface area contributed by atoms with Gasteiger partial charge in [0, 0.05) is 74.7 Å². The number of hydrogen-bond donors (Lipinski definition) is 0. The summed E-state index contributed by atoms with van der Waals surface area (Å²) >= 11 is 2.94. The summed E-state index contributed by atoms with van der Waals surface area (Å²) in [6, 6.07) is 0. The van der Waals surface area contributed by atoms with Crippen LogP contribution >= 0.6 is 0 Å². The molecule has 0 fully saturated rings. The predicted octanol–water partition coefficient (Wildman–Crippen LogP) is -0.505. The normalized spacial score (nSPS) is 1.50. The quantitative estimate of drug-likeness (QED) is 0.537. The molecule has 4 heteroatoms. The average Bonchev–Trinajstić information content (AvgIpc) is 1.00. The third-order valence-corrected chi connectivity index (χ3v) is 0. The van der Waals surface area contributed by atoms with Crippen LogP contribution in [0.1, 0.15) is 0 Å². The number of rotatable bonds is 0. The van der Waals surface area contributed by atoms with Gasteiger partial charge in [-0.3, -0.25) is 0 Å². The second-order valence-electron chi connectivity index (χ2n) is 0. The van der Waals surface area contributed by atoms with Crippen LogP contribution in [-0.4, -0.2) is 48.9 Å². The molecule has 4 heavy (non-hydrogen) atoms. The van der Waals surface area contributed by atoms with Gasteiger partial charge in [0.25, 0.3) is 0 Å². The Kier molecular flexibility index (Phi) is 67.9. The molecule has 0 atom stereocenters. The van der Waals surface area contributed by atoms with Gasteiger partial charge in [0.15, 0.2) is 0 Å². The molecule has 0 rings (SSSR count). The van der Waals surface area contributed by atoms with Crippen LogP contribution in [0.3, 0.4) is 0 Å². The van der Waals surface area contributed by atoms with Crippen LogP contribution in [0.2, 0.25) is 0 Å². The van der Waals surface area contributed by atoms with Crippen molar-refractivity contribution in [2.75, 3.05) is 0 Å². The van der Waals surface area contributed by atoms with Crippen molar-refractivity contribution in [1.82, 2.24) is 0 Å². The van der Waals surface area contributed by atoms with Gasteiger partial charge in [-0.05, 0) is 0 Å². The van der Waals surface area contributed by atoms with E-state index in [1.807, 2.05) is 0 Å². The van der Waals surface area contributed by atoms with E-state index >= 15 is 0 Å². The van der Waals surface area contributed by atoms with Gasteiger partial charge in [-0.15, -0.1) is 0 Å². The van der Waals surface area contributed by atoms with E-state index in [9.17, 15) is 0 Å². The molecule has 0 bridgehead atoms. The first kappa shape index (κ1) is 15.9. The maximum atomic E-state index is 7.81. The maximum absolute atomic E-state index is 7.81. The molecule has 0 unspecified atom stereocenters. The van der Waals surface area contributed by atoms with Crippen molar-refractivity contribution in [2.45, 2.75) is 0 Å². The fourth-order valence-corrected chi connectivity index (χ4v) is 0. The van der Waals surface area contributed by atoms with Crippen LogP contribution < -0.4 is 0 Å². The minimum absolute atomic E-state index is 0. The molecule has 3 radical (unpaired) electrons. The monoisotopic (exact) mass is 262 g/mol. The molecule has 0 aromatic rings. The van der Waals surface area contributed by atoms with Crippen LogP contribution in [0.5, 0.6) is 0 Å². The van der Waals surface area contributed by atoms with Gasteiger partial charge >= 0.3 is 19.8 Å². The van der Waals surface area contributed by atoms with Crippen molar-refractivity contribution in [3.8, 4) is 0 Å². The van der Waals surface area contributed by atoms with Crippen LogP contribution in [0.15, 0.2) is 0 Å². The summed E-state index contributed by atoms with van der Waals surface area (Å²) in [6.45, 7) is 0. The molecule has 0 aromatic carbocycles. The van der Waals surface area contributed by atoms with Crippen molar-refractivity contribution in [3.05, 3.63) is 0 Å². The van der Waals surface area contributed by atoms with Gasteiger partial charge in [0.2, 0.25) is 0 Å². The summed E-state index contributed by atoms with van der Waals surface area (Å²) in [7, 11) is 0. The zero-order chi connectivity index (χ0) is 2.00. The van der Waals surface area contributed by atoms with E-state index < -0.39 is 0 Å². The first-order valence-corrected chi connectivity index (χ1v) is 0.508. The summed E-state index contributed by atoms with van der Waals surface area (Å²) in [5, 5.41) is 0. The topological polar surface area (TPSA) is 17.1 Å². The molecule has 0 heterocycles. The smallest absolute Gasteiger partial charge is 0 e.